The molecule has 1 fully saturated rings. The third-order valence-corrected chi connectivity index (χ3v) is 5.58. The van der Waals surface area contributed by atoms with Crippen LogP contribution < -0.4 is 15.0 Å². The van der Waals surface area contributed by atoms with Crippen molar-refractivity contribution in [2.24, 2.45) is 0 Å². The molecule has 31 heavy (non-hydrogen) atoms. The molecule has 4 rings (SSSR count). The fourth-order valence-electron chi connectivity index (χ4n) is 4.05. The molecule has 1 aliphatic rings. The summed E-state index contributed by atoms with van der Waals surface area (Å²) >= 11 is 0. The Balaban J connectivity index is 1.30. The van der Waals surface area contributed by atoms with Gasteiger partial charge in [0, 0.05) is 44.8 Å². The molecular formula is C24H29N5O2. The highest BCUT2D eigenvalue weighted by Crippen LogP contribution is 2.21. The smallest absolute Gasteiger partial charge is 0.317 e. The highest BCUT2D eigenvalue weighted by atomic mass is 16.5. The second-order valence-corrected chi connectivity index (χ2v) is 7.97. The summed E-state index contributed by atoms with van der Waals surface area (Å²) in [5.74, 6) is 0.509. The summed E-state index contributed by atoms with van der Waals surface area (Å²) < 4.78 is 5.40. The number of fused-ring (bicyclic) bond motifs is 1. The van der Waals surface area contributed by atoms with Gasteiger partial charge >= 0.3 is 6.03 Å². The monoisotopic (exact) mass is 419 g/mol. The number of hydrogen-bond acceptors (Lipinski definition) is 5. The van der Waals surface area contributed by atoms with Crippen molar-refractivity contribution < 1.29 is 9.53 Å². The number of carbonyl (C=O) groups is 1. The number of hydrogen-bond donors (Lipinski definition) is 1. The molecule has 1 saturated heterocycles. The van der Waals surface area contributed by atoms with Gasteiger partial charge in [-0.15, -0.1) is 0 Å². The number of urea groups is 1. The van der Waals surface area contributed by atoms with Crippen molar-refractivity contribution in [2.75, 3.05) is 44.7 Å². The standard InChI is InChI=1S/C24H29N5O2/c1-17-14-18(2)16-19(15-17)28-10-12-29(13-11-28)24(30)25-9-8-22-23(31-3)27-21-7-5-4-6-20(21)26-22/h4-7,14-16H,8-13H2,1-3H3,(H,25,30). The van der Waals surface area contributed by atoms with E-state index in [1.807, 2.05) is 29.2 Å². The van der Waals surface area contributed by atoms with Crippen LogP contribution in [0, 0.1) is 13.8 Å². The van der Waals surface area contributed by atoms with Crippen molar-refractivity contribution in [1.82, 2.24) is 20.2 Å². The molecule has 2 aromatic carbocycles. The number of benzene rings is 2. The number of amides is 2. The number of carbonyl (C=O) groups excluding carboxylic acids is 1. The van der Waals surface area contributed by atoms with Crippen molar-refractivity contribution in [3.63, 3.8) is 0 Å². The van der Waals surface area contributed by atoms with Gasteiger partial charge in [-0.25, -0.2) is 14.8 Å². The number of methoxy groups -OCH3 is 1. The molecule has 1 aromatic heterocycles. The Morgan fingerprint density at radius 3 is 2.29 bits per heavy atom. The zero-order valence-corrected chi connectivity index (χ0v) is 18.4. The van der Waals surface area contributed by atoms with Crippen LogP contribution in [0.3, 0.4) is 0 Å². The molecule has 0 bridgehead atoms. The number of rotatable bonds is 5. The maximum absolute atomic E-state index is 12.6. The van der Waals surface area contributed by atoms with Crippen LogP contribution in [0.4, 0.5) is 10.5 Å². The first-order valence-corrected chi connectivity index (χ1v) is 10.7. The van der Waals surface area contributed by atoms with Crippen LogP contribution in [0.1, 0.15) is 16.8 Å². The van der Waals surface area contributed by atoms with E-state index in [2.05, 4.69) is 52.2 Å². The molecule has 0 radical (unpaired) electrons. The highest BCUT2D eigenvalue weighted by molar-refractivity contribution is 5.75. The molecule has 7 heteroatoms. The van der Waals surface area contributed by atoms with Crippen LogP contribution in [0.5, 0.6) is 5.88 Å². The van der Waals surface area contributed by atoms with E-state index in [0.29, 0.717) is 31.9 Å². The lowest BCUT2D eigenvalue weighted by molar-refractivity contribution is 0.194. The average molecular weight is 420 g/mol. The first-order valence-electron chi connectivity index (χ1n) is 10.7. The van der Waals surface area contributed by atoms with Crippen molar-refractivity contribution in [3.05, 3.63) is 59.3 Å². The fourth-order valence-corrected chi connectivity index (χ4v) is 4.05. The normalized spacial score (nSPS) is 14.0. The molecule has 0 unspecified atom stereocenters. The minimum Gasteiger partial charge on any atom is -0.480 e. The minimum absolute atomic E-state index is 0.0345. The summed E-state index contributed by atoms with van der Waals surface area (Å²) in [5, 5.41) is 3.02. The summed E-state index contributed by atoms with van der Waals surface area (Å²) in [4.78, 5) is 26.0. The van der Waals surface area contributed by atoms with E-state index in [0.717, 1.165) is 29.8 Å². The summed E-state index contributed by atoms with van der Waals surface area (Å²) in [6.07, 6.45) is 0.565. The quantitative estimate of drug-likeness (QED) is 0.687. The van der Waals surface area contributed by atoms with Crippen molar-refractivity contribution >= 4 is 22.8 Å². The van der Waals surface area contributed by atoms with E-state index in [1.165, 1.54) is 16.8 Å². The second kappa shape index (κ2) is 9.20. The third kappa shape index (κ3) is 4.87. The molecule has 162 valence electrons. The largest absolute Gasteiger partial charge is 0.480 e. The van der Waals surface area contributed by atoms with Gasteiger partial charge in [0.15, 0.2) is 0 Å². The number of nitrogens with one attached hydrogen (secondary N) is 1. The lowest BCUT2D eigenvalue weighted by atomic mass is 10.1. The number of aromatic nitrogens is 2. The van der Waals surface area contributed by atoms with Gasteiger partial charge in [-0.2, -0.15) is 0 Å². The maximum Gasteiger partial charge on any atom is 0.317 e. The predicted molar refractivity (Wildman–Crippen MR) is 123 cm³/mol. The molecule has 7 nitrogen and oxygen atoms in total. The van der Waals surface area contributed by atoms with Crippen molar-refractivity contribution in [3.8, 4) is 5.88 Å². The molecule has 0 saturated carbocycles. The predicted octanol–water partition coefficient (Wildman–Crippen LogP) is 3.33. The van der Waals surface area contributed by atoms with Crippen LogP contribution in [0.15, 0.2) is 42.5 Å². The average Bonchev–Trinajstić information content (AvgIpc) is 2.78. The Bertz CT molecular complexity index is 1060. The molecule has 0 aliphatic carbocycles. The molecule has 1 aliphatic heterocycles. The van der Waals surface area contributed by atoms with E-state index < -0.39 is 0 Å². The highest BCUT2D eigenvalue weighted by Gasteiger charge is 2.21. The van der Waals surface area contributed by atoms with Gasteiger partial charge in [0.25, 0.3) is 0 Å². The van der Waals surface area contributed by atoms with E-state index in [9.17, 15) is 4.79 Å². The van der Waals surface area contributed by atoms with Crippen LogP contribution in [-0.2, 0) is 6.42 Å². The number of piperazine rings is 1. The minimum atomic E-state index is -0.0345. The number of nitrogens with zero attached hydrogens (tertiary/aromatic N) is 4. The SMILES string of the molecule is COc1nc2ccccc2nc1CCNC(=O)N1CCN(c2cc(C)cc(C)c2)CC1. The first kappa shape index (κ1) is 20.9. The molecular weight excluding hydrogens is 390 g/mol. The fraction of sp³-hybridized carbons (Fsp3) is 0.375. The third-order valence-electron chi connectivity index (χ3n) is 5.58. The van der Waals surface area contributed by atoms with Gasteiger partial charge < -0.3 is 19.9 Å². The molecule has 3 aromatic rings. The van der Waals surface area contributed by atoms with Crippen LogP contribution >= 0.6 is 0 Å². The summed E-state index contributed by atoms with van der Waals surface area (Å²) in [6.45, 7) is 7.81. The number of aryl methyl sites for hydroxylation is 2. The second-order valence-electron chi connectivity index (χ2n) is 7.97. The zero-order valence-electron chi connectivity index (χ0n) is 18.4. The van der Waals surface area contributed by atoms with E-state index >= 15 is 0 Å². The Morgan fingerprint density at radius 2 is 1.65 bits per heavy atom. The maximum atomic E-state index is 12.6. The van der Waals surface area contributed by atoms with Crippen molar-refractivity contribution in [1.29, 1.82) is 0 Å². The topological polar surface area (TPSA) is 70.6 Å². The van der Waals surface area contributed by atoms with E-state index in [-0.39, 0.29) is 6.03 Å². The summed E-state index contributed by atoms with van der Waals surface area (Å²) in [6, 6.07) is 14.3. The molecule has 1 N–H and O–H groups in total. The van der Waals surface area contributed by atoms with Crippen molar-refractivity contribution in [2.45, 2.75) is 20.3 Å². The van der Waals surface area contributed by atoms with Gasteiger partial charge in [0.05, 0.1) is 18.1 Å². The van der Waals surface area contributed by atoms with Gasteiger partial charge in [0.2, 0.25) is 5.88 Å². The zero-order chi connectivity index (χ0) is 21.8. The van der Waals surface area contributed by atoms with E-state index in [4.69, 9.17) is 4.74 Å². The first-order chi connectivity index (χ1) is 15.0. The van der Waals surface area contributed by atoms with Gasteiger partial charge in [-0.3, -0.25) is 0 Å². The van der Waals surface area contributed by atoms with Crippen LogP contribution in [0.2, 0.25) is 0 Å². The Hall–Kier alpha value is -3.35. The lowest BCUT2D eigenvalue weighted by Gasteiger charge is -2.36. The van der Waals surface area contributed by atoms with Crippen LogP contribution in [-0.4, -0.2) is 60.7 Å². The molecule has 0 spiro atoms. The molecule has 2 heterocycles. The number of para-hydroxylation sites is 2. The Morgan fingerprint density at radius 1 is 1.00 bits per heavy atom. The van der Waals surface area contributed by atoms with Gasteiger partial charge in [0.1, 0.15) is 5.69 Å². The molecule has 2 amide bonds. The van der Waals surface area contributed by atoms with Crippen LogP contribution in [0.25, 0.3) is 11.0 Å². The number of anilines is 1. The Kier molecular flexibility index (Phi) is 6.21. The summed E-state index contributed by atoms with van der Waals surface area (Å²) in [5.41, 5.74) is 6.14. The van der Waals surface area contributed by atoms with Gasteiger partial charge in [-0.05, 0) is 49.2 Å². The van der Waals surface area contributed by atoms with E-state index in [1.54, 1.807) is 7.11 Å². The Labute approximate surface area is 183 Å². The molecule has 0 atom stereocenters. The summed E-state index contributed by atoms with van der Waals surface area (Å²) in [7, 11) is 1.59. The lowest BCUT2D eigenvalue weighted by Crippen LogP contribution is -2.52. The van der Waals surface area contributed by atoms with Gasteiger partial charge in [-0.1, -0.05) is 18.2 Å². The number of ether oxygens (including phenoxy) is 1.